The topological polar surface area (TPSA) is 57.6 Å². The van der Waals surface area contributed by atoms with Crippen LogP contribution in [0.2, 0.25) is 0 Å². The first-order valence-electron chi connectivity index (χ1n) is 8.40. The van der Waals surface area contributed by atoms with E-state index in [-0.39, 0.29) is 23.6 Å². The zero-order valence-electron chi connectivity index (χ0n) is 13.6. The minimum Gasteiger partial charge on any atom is -0.480 e. The molecule has 1 heterocycles. The number of amides is 1. The first kappa shape index (κ1) is 15.8. The summed E-state index contributed by atoms with van der Waals surface area (Å²) in [5, 5.41) is 9.56. The third-order valence-corrected chi connectivity index (χ3v) is 5.22. The maximum absolute atomic E-state index is 13.1. The molecular weight excluding hydrogens is 321 g/mol. The minimum atomic E-state index is -0.971. The number of benzene rings is 2. The molecule has 0 aromatic heterocycles. The van der Waals surface area contributed by atoms with Crippen molar-refractivity contribution in [3.05, 3.63) is 71.0 Å². The molecule has 2 aliphatic rings. The number of carboxylic acids is 1. The Balaban J connectivity index is 1.55. The zero-order valence-corrected chi connectivity index (χ0v) is 13.6. The molecule has 1 N–H and O–H groups in total. The Labute approximate surface area is 144 Å². The molecule has 4 nitrogen and oxygen atoms in total. The standard InChI is InChI=1S/C20H18FNO3/c21-15-7-5-12(6-8-15)16-10-17(16)19(23)22-11-14-4-2-1-3-13(14)9-18(22)20(24)25/h1-8,16-18H,9-11H2,(H,24,25)/t16-,17+,18+/m1/s1. The Morgan fingerprint density at radius 3 is 2.40 bits per heavy atom. The van der Waals surface area contributed by atoms with Gasteiger partial charge in [0.2, 0.25) is 5.91 Å². The highest BCUT2D eigenvalue weighted by atomic mass is 19.1. The number of halogens is 1. The average molecular weight is 339 g/mol. The summed E-state index contributed by atoms with van der Waals surface area (Å²) in [6.07, 6.45) is 1.03. The van der Waals surface area contributed by atoms with Crippen molar-refractivity contribution in [2.24, 2.45) is 5.92 Å². The lowest BCUT2D eigenvalue weighted by molar-refractivity contribution is -0.152. The number of aliphatic carboxylic acids is 1. The van der Waals surface area contributed by atoms with Crippen LogP contribution in [0.3, 0.4) is 0 Å². The van der Waals surface area contributed by atoms with Gasteiger partial charge in [-0.1, -0.05) is 36.4 Å². The van der Waals surface area contributed by atoms with E-state index in [9.17, 15) is 19.1 Å². The van der Waals surface area contributed by atoms with Crippen LogP contribution in [0, 0.1) is 11.7 Å². The Kier molecular flexibility index (Phi) is 3.79. The Bertz CT molecular complexity index is 833. The van der Waals surface area contributed by atoms with Crippen LogP contribution in [0.5, 0.6) is 0 Å². The summed E-state index contributed by atoms with van der Waals surface area (Å²) in [7, 11) is 0. The lowest BCUT2D eigenvalue weighted by Crippen LogP contribution is -2.49. The van der Waals surface area contributed by atoms with Crippen LogP contribution in [0.4, 0.5) is 4.39 Å². The number of carbonyl (C=O) groups excluding carboxylic acids is 1. The van der Waals surface area contributed by atoms with E-state index in [1.807, 2.05) is 24.3 Å². The fourth-order valence-corrected chi connectivity index (χ4v) is 3.73. The lowest BCUT2D eigenvalue weighted by Gasteiger charge is -2.34. The fourth-order valence-electron chi connectivity index (χ4n) is 3.73. The van der Waals surface area contributed by atoms with E-state index in [1.165, 1.54) is 17.0 Å². The average Bonchev–Trinajstić information content (AvgIpc) is 3.41. The van der Waals surface area contributed by atoms with Crippen molar-refractivity contribution in [3.8, 4) is 0 Å². The van der Waals surface area contributed by atoms with Gasteiger partial charge >= 0.3 is 5.97 Å². The summed E-state index contributed by atoms with van der Waals surface area (Å²) >= 11 is 0. The maximum Gasteiger partial charge on any atom is 0.326 e. The third kappa shape index (κ3) is 2.90. The SMILES string of the molecule is O=C(O)[C@@H]1Cc2ccccc2CN1C(=O)[C@H]1C[C@@H]1c1ccc(F)cc1. The normalized spacial score (nSPS) is 24.5. The molecule has 2 aromatic rings. The highest BCUT2D eigenvalue weighted by Crippen LogP contribution is 2.49. The van der Waals surface area contributed by atoms with Crippen molar-refractivity contribution >= 4 is 11.9 Å². The van der Waals surface area contributed by atoms with Gasteiger partial charge in [0.05, 0.1) is 0 Å². The van der Waals surface area contributed by atoms with Gasteiger partial charge in [-0.15, -0.1) is 0 Å². The summed E-state index contributed by atoms with van der Waals surface area (Å²) in [6, 6.07) is 13.0. The monoisotopic (exact) mass is 339 g/mol. The van der Waals surface area contributed by atoms with E-state index in [4.69, 9.17) is 0 Å². The molecule has 0 spiro atoms. The van der Waals surface area contributed by atoms with Gasteiger partial charge in [-0.05, 0) is 41.2 Å². The molecule has 1 fully saturated rings. The highest BCUT2D eigenvalue weighted by molar-refractivity contribution is 5.88. The number of hydrogen-bond donors (Lipinski definition) is 1. The fraction of sp³-hybridized carbons (Fsp3) is 0.300. The summed E-state index contributed by atoms with van der Waals surface area (Å²) in [5.41, 5.74) is 2.93. The second-order valence-corrected chi connectivity index (χ2v) is 6.79. The highest BCUT2D eigenvalue weighted by Gasteiger charge is 2.48. The number of carboxylic acid groups (broad SMARTS) is 1. The van der Waals surface area contributed by atoms with Crippen LogP contribution in [0.25, 0.3) is 0 Å². The van der Waals surface area contributed by atoms with E-state index < -0.39 is 12.0 Å². The van der Waals surface area contributed by atoms with Crippen molar-refractivity contribution in [3.63, 3.8) is 0 Å². The number of hydrogen-bond acceptors (Lipinski definition) is 2. The minimum absolute atomic E-state index is 0.0553. The molecule has 0 saturated heterocycles. The van der Waals surface area contributed by atoms with Crippen molar-refractivity contribution < 1.29 is 19.1 Å². The summed E-state index contributed by atoms with van der Waals surface area (Å²) in [5.74, 6) is -1.54. The second-order valence-electron chi connectivity index (χ2n) is 6.79. The van der Waals surface area contributed by atoms with E-state index in [1.54, 1.807) is 12.1 Å². The van der Waals surface area contributed by atoms with Crippen molar-refractivity contribution in [2.75, 3.05) is 0 Å². The van der Waals surface area contributed by atoms with Gasteiger partial charge in [0.15, 0.2) is 0 Å². The van der Waals surface area contributed by atoms with Gasteiger partial charge in [-0.3, -0.25) is 4.79 Å². The molecular formula is C20H18FNO3. The summed E-state index contributed by atoms with van der Waals surface area (Å²) in [6.45, 7) is 0.332. The molecule has 2 aromatic carbocycles. The van der Waals surface area contributed by atoms with Crippen LogP contribution >= 0.6 is 0 Å². The number of carbonyl (C=O) groups is 2. The molecule has 5 heteroatoms. The zero-order chi connectivity index (χ0) is 17.6. The van der Waals surface area contributed by atoms with Gasteiger partial charge in [-0.25, -0.2) is 9.18 Å². The molecule has 0 unspecified atom stereocenters. The van der Waals surface area contributed by atoms with Gasteiger partial charge < -0.3 is 10.0 Å². The third-order valence-electron chi connectivity index (χ3n) is 5.22. The van der Waals surface area contributed by atoms with Crippen LogP contribution in [0.15, 0.2) is 48.5 Å². The van der Waals surface area contributed by atoms with Gasteiger partial charge in [-0.2, -0.15) is 0 Å². The van der Waals surface area contributed by atoms with E-state index in [0.717, 1.165) is 16.7 Å². The maximum atomic E-state index is 13.1. The molecule has 1 amide bonds. The number of rotatable bonds is 3. The number of fused-ring (bicyclic) bond motifs is 1. The van der Waals surface area contributed by atoms with Crippen molar-refractivity contribution in [1.29, 1.82) is 0 Å². The van der Waals surface area contributed by atoms with Crippen LogP contribution in [-0.4, -0.2) is 27.9 Å². The van der Waals surface area contributed by atoms with E-state index in [0.29, 0.717) is 19.4 Å². The quantitative estimate of drug-likeness (QED) is 0.935. The lowest BCUT2D eigenvalue weighted by atomic mass is 9.93. The second kappa shape index (κ2) is 5.99. The molecule has 3 atom stereocenters. The molecule has 128 valence electrons. The van der Waals surface area contributed by atoms with Gasteiger partial charge in [0.1, 0.15) is 11.9 Å². The van der Waals surface area contributed by atoms with Gasteiger partial charge in [0, 0.05) is 18.9 Å². The van der Waals surface area contributed by atoms with Crippen LogP contribution < -0.4 is 0 Å². The molecule has 1 aliphatic carbocycles. The van der Waals surface area contributed by atoms with Crippen molar-refractivity contribution in [1.82, 2.24) is 4.90 Å². The summed E-state index contributed by atoms with van der Waals surface area (Å²) in [4.78, 5) is 26.1. The van der Waals surface area contributed by atoms with Crippen LogP contribution in [-0.2, 0) is 22.6 Å². The molecule has 4 rings (SSSR count). The van der Waals surface area contributed by atoms with Crippen LogP contribution in [0.1, 0.15) is 29.0 Å². The van der Waals surface area contributed by atoms with E-state index >= 15 is 0 Å². The predicted molar refractivity (Wildman–Crippen MR) is 89.4 cm³/mol. The molecule has 0 radical (unpaired) electrons. The first-order chi connectivity index (χ1) is 12.0. The van der Waals surface area contributed by atoms with E-state index in [2.05, 4.69) is 0 Å². The molecule has 0 bridgehead atoms. The number of nitrogens with zero attached hydrogens (tertiary/aromatic N) is 1. The Morgan fingerprint density at radius 1 is 1.04 bits per heavy atom. The Hall–Kier alpha value is -2.69. The van der Waals surface area contributed by atoms with Crippen molar-refractivity contribution in [2.45, 2.75) is 31.3 Å². The van der Waals surface area contributed by atoms with Gasteiger partial charge in [0.25, 0.3) is 0 Å². The Morgan fingerprint density at radius 2 is 1.72 bits per heavy atom. The smallest absolute Gasteiger partial charge is 0.326 e. The largest absolute Gasteiger partial charge is 0.480 e. The molecule has 1 aliphatic heterocycles. The molecule has 25 heavy (non-hydrogen) atoms. The first-order valence-corrected chi connectivity index (χ1v) is 8.40. The predicted octanol–water partition coefficient (Wildman–Crippen LogP) is 2.97. The summed E-state index contributed by atoms with van der Waals surface area (Å²) < 4.78 is 13.1. The molecule has 1 saturated carbocycles.